The average molecular weight is 355 g/mol. The Labute approximate surface area is 133 Å². The van der Waals surface area contributed by atoms with E-state index in [9.17, 15) is 10.5 Å². The molecule has 0 aliphatic heterocycles. The first-order valence-electron chi connectivity index (χ1n) is 5.97. The van der Waals surface area contributed by atoms with E-state index in [-0.39, 0.29) is 0 Å². The SMILES string of the molecule is N#Cc1ccccc1Sc1cc(Br)cn2ncc(C#N)c12. The molecular weight excluding hydrogens is 348 g/mol. The van der Waals surface area contributed by atoms with Crippen LogP contribution in [0.5, 0.6) is 0 Å². The monoisotopic (exact) mass is 354 g/mol. The molecule has 0 fully saturated rings. The van der Waals surface area contributed by atoms with E-state index in [0.29, 0.717) is 11.1 Å². The second-order valence-electron chi connectivity index (χ2n) is 4.20. The molecule has 2 aromatic heterocycles. The van der Waals surface area contributed by atoms with Crippen molar-refractivity contribution in [3.63, 3.8) is 0 Å². The lowest BCUT2D eigenvalue weighted by molar-refractivity contribution is 0.944. The minimum absolute atomic E-state index is 0.513. The first-order chi connectivity index (χ1) is 10.2. The van der Waals surface area contributed by atoms with Crippen LogP contribution in [0.15, 0.2) is 57.0 Å². The van der Waals surface area contributed by atoms with Crippen LogP contribution in [-0.4, -0.2) is 9.61 Å². The summed E-state index contributed by atoms with van der Waals surface area (Å²) in [7, 11) is 0. The lowest BCUT2D eigenvalue weighted by Gasteiger charge is -2.07. The number of hydrogen-bond acceptors (Lipinski definition) is 4. The molecule has 0 unspecified atom stereocenters. The van der Waals surface area contributed by atoms with Gasteiger partial charge in [0.25, 0.3) is 0 Å². The van der Waals surface area contributed by atoms with E-state index in [1.807, 2.05) is 24.3 Å². The largest absolute Gasteiger partial charge is 0.237 e. The molecule has 0 bridgehead atoms. The molecule has 2 heterocycles. The van der Waals surface area contributed by atoms with Gasteiger partial charge >= 0.3 is 0 Å². The lowest BCUT2D eigenvalue weighted by Crippen LogP contribution is -1.90. The number of fused-ring (bicyclic) bond motifs is 1. The minimum atomic E-state index is 0.513. The van der Waals surface area contributed by atoms with Crippen molar-refractivity contribution in [2.75, 3.05) is 0 Å². The zero-order valence-corrected chi connectivity index (χ0v) is 13.0. The maximum atomic E-state index is 9.21. The fourth-order valence-corrected chi connectivity index (χ4v) is 3.65. The Balaban J connectivity index is 2.19. The summed E-state index contributed by atoms with van der Waals surface area (Å²) in [4.78, 5) is 1.73. The second kappa shape index (κ2) is 5.61. The molecule has 0 aliphatic rings. The van der Waals surface area contributed by atoms with Crippen molar-refractivity contribution in [3.8, 4) is 12.1 Å². The molecule has 21 heavy (non-hydrogen) atoms. The van der Waals surface area contributed by atoms with Gasteiger partial charge in [0.05, 0.1) is 22.8 Å². The number of aromatic nitrogens is 2. The maximum absolute atomic E-state index is 9.21. The summed E-state index contributed by atoms with van der Waals surface area (Å²) in [5.74, 6) is 0. The molecule has 0 spiro atoms. The minimum Gasteiger partial charge on any atom is -0.237 e. The van der Waals surface area contributed by atoms with Crippen molar-refractivity contribution in [3.05, 3.63) is 58.3 Å². The first kappa shape index (κ1) is 13.7. The number of pyridine rings is 1. The highest BCUT2D eigenvalue weighted by Crippen LogP contribution is 2.35. The van der Waals surface area contributed by atoms with Crippen molar-refractivity contribution < 1.29 is 0 Å². The fraction of sp³-hybridized carbons (Fsp3) is 0. The van der Waals surface area contributed by atoms with E-state index in [1.54, 1.807) is 23.0 Å². The summed E-state index contributed by atoms with van der Waals surface area (Å²) < 4.78 is 2.53. The smallest absolute Gasteiger partial charge is 0.103 e. The molecule has 0 saturated heterocycles. The molecule has 0 saturated carbocycles. The Morgan fingerprint density at radius 2 is 1.86 bits per heavy atom. The molecule has 100 valence electrons. The highest BCUT2D eigenvalue weighted by molar-refractivity contribution is 9.10. The van der Waals surface area contributed by atoms with Gasteiger partial charge < -0.3 is 0 Å². The van der Waals surface area contributed by atoms with Gasteiger partial charge in [0.1, 0.15) is 12.1 Å². The van der Waals surface area contributed by atoms with Crippen molar-refractivity contribution in [1.82, 2.24) is 9.61 Å². The number of nitrogens with zero attached hydrogens (tertiary/aromatic N) is 4. The number of benzene rings is 1. The number of hydrogen-bond donors (Lipinski definition) is 0. The van der Waals surface area contributed by atoms with Gasteiger partial charge in [-0.05, 0) is 34.1 Å². The summed E-state index contributed by atoms with van der Waals surface area (Å²) in [6, 6.07) is 13.6. The average Bonchev–Trinajstić information content (AvgIpc) is 2.90. The van der Waals surface area contributed by atoms with E-state index >= 15 is 0 Å². The predicted molar refractivity (Wildman–Crippen MR) is 82.9 cm³/mol. The van der Waals surface area contributed by atoms with E-state index in [1.165, 1.54) is 11.8 Å². The third-order valence-electron chi connectivity index (χ3n) is 2.89. The van der Waals surface area contributed by atoms with Gasteiger partial charge in [-0.3, -0.25) is 0 Å². The Bertz CT molecular complexity index is 918. The van der Waals surface area contributed by atoms with Crippen LogP contribution in [0, 0.1) is 22.7 Å². The third kappa shape index (κ3) is 2.52. The molecule has 1 aromatic carbocycles. The van der Waals surface area contributed by atoms with Gasteiger partial charge in [0.15, 0.2) is 0 Å². The number of halogens is 1. The standard InChI is InChI=1S/C15H7BrN4S/c16-12-5-14(15-11(7-18)8-19-20(15)9-12)21-13-4-2-1-3-10(13)6-17/h1-5,8-9H. The normalized spacial score (nSPS) is 10.2. The van der Waals surface area contributed by atoms with Crippen LogP contribution in [-0.2, 0) is 0 Å². The van der Waals surface area contributed by atoms with Crippen LogP contribution in [0.1, 0.15) is 11.1 Å². The van der Waals surface area contributed by atoms with Gasteiger partial charge in [-0.15, -0.1) is 0 Å². The van der Waals surface area contributed by atoms with E-state index in [4.69, 9.17) is 0 Å². The van der Waals surface area contributed by atoms with Gasteiger partial charge in [-0.1, -0.05) is 23.9 Å². The summed E-state index contributed by atoms with van der Waals surface area (Å²) in [5, 5.41) is 22.6. The van der Waals surface area contributed by atoms with E-state index in [0.717, 1.165) is 19.8 Å². The predicted octanol–water partition coefficient (Wildman–Crippen LogP) is 3.99. The highest BCUT2D eigenvalue weighted by Gasteiger charge is 2.13. The van der Waals surface area contributed by atoms with Crippen LogP contribution in [0.2, 0.25) is 0 Å². The van der Waals surface area contributed by atoms with Gasteiger partial charge in [0.2, 0.25) is 0 Å². The first-order valence-corrected chi connectivity index (χ1v) is 7.58. The molecule has 0 aliphatic carbocycles. The Morgan fingerprint density at radius 1 is 1.10 bits per heavy atom. The molecular formula is C15H7BrN4S. The van der Waals surface area contributed by atoms with E-state index < -0.39 is 0 Å². The van der Waals surface area contributed by atoms with Crippen molar-refractivity contribution >= 4 is 33.2 Å². The van der Waals surface area contributed by atoms with Gasteiger partial charge in [0, 0.05) is 20.5 Å². The number of rotatable bonds is 2. The van der Waals surface area contributed by atoms with Crippen LogP contribution >= 0.6 is 27.7 Å². The molecule has 6 heteroatoms. The molecule has 3 rings (SSSR count). The van der Waals surface area contributed by atoms with Crippen LogP contribution in [0.25, 0.3) is 5.52 Å². The zero-order chi connectivity index (χ0) is 14.8. The molecule has 0 amide bonds. The molecule has 0 atom stereocenters. The molecule has 0 N–H and O–H groups in total. The molecule has 3 aromatic rings. The summed E-state index contributed by atoms with van der Waals surface area (Å²) in [6.45, 7) is 0. The molecule has 0 radical (unpaired) electrons. The van der Waals surface area contributed by atoms with Crippen LogP contribution < -0.4 is 0 Å². The van der Waals surface area contributed by atoms with Gasteiger partial charge in [-0.2, -0.15) is 15.6 Å². The van der Waals surface area contributed by atoms with Crippen molar-refractivity contribution in [1.29, 1.82) is 10.5 Å². The van der Waals surface area contributed by atoms with Gasteiger partial charge in [-0.25, -0.2) is 4.52 Å². The highest BCUT2D eigenvalue weighted by atomic mass is 79.9. The van der Waals surface area contributed by atoms with Crippen molar-refractivity contribution in [2.45, 2.75) is 9.79 Å². The Hall–Kier alpha value is -2.28. The van der Waals surface area contributed by atoms with Crippen molar-refractivity contribution in [2.24, 2.45) is 0 Å². The summed E-state index contributed by atoms with van der Waals surface area (Å²) >= 11 is 4.89. The quantitative estimate of drug-likeness (QED) is 0.697. The molecule has 4 nitrogen and oxygen atoms in total. The lowest BCUT2D eigenvalue weighted by atomic mass is 10.2. The van der Waals surface area contributed by atoms with Crippen LogP contribution in [0.4, 0.5) is 0 Å². The Morgan fingerprint density at radius 3 is 2.62 bits per heavy atom. The summed E-state index contributed by atoms with van der Waals surface area (Å²) in [6.07, 6.45) is 3.35. The Kier molecular flexibility index (Phi) is 3.66. The second-order valence-corrected chi connectivity index (χ2v) is 6.20. The number of nitriles is 2. The summed E-state index contributed by atoms with van der Waals surface area (Å²) in [5.41, 5.74) is 1.87. The fourth-order valence-electron chi connectivity index (χ4n) is 1.98. The maximum Gasteiger partial charge on any atom is 0.103 e. The van der Waals surface area contributed by atoms with E-state index in [2.05, 4.69) is 33.2 Å². The van der Waals surface area contributed by atoms with Crippen LogP contribution in [0.3, 0.4) is 0 Å². The zero-order valence-electron chi connectivity index (χ0n) is 10.6. The topological polar surface area (TPSA) is 64.9 Å². The third-order valence-corrected chi connectivity index (χ3v) is 4.43.